The number of hydrogen-bond acceptors (Lipinski definition) is 0. The molecule has 0 saturated carbocycles. The first-order valence-corrected chi connectivity index (χ1v) is 2.77. The quantitative estimate of drug-likeness (QED) is 0.505. The van der Waals surface area contributed by atoms with Gasteiger partial charge in [-0.05, 0) is 13.8 Å². The Labute approximate surface area is 59.1 Å². The molecular weight excluding hydrogens is 141 g/mol. The highest BCUT2D eigenvalue weighted by molar-refractivity contribution is 4.90. The summed E-state index contributed by atoms with van der Waals surface area (Å²) in [6, 6.07) is 0. The normalized spacial score (nSPS) is 13.1. The fourth-order valence-electron chi connectivity index (χ4n) is 0.0868. The van der Waals surface area contributed by atoms with Crippen molar-refractivity contribution in [2.75, 3.05) is 0 Å². The lowest BCUT2D eigenvalue weighted by atomic mass is 10.4. The van der Waals surface area contributed by atoms with E-state index >= 15 is 0 Å². The SMILES string of the molecule is C=CC.CC(F)C(F)=CF. The molecule has 0 bridgehead atoms. The molecule has 0 aromatic carbocycles. The molecule has 0 rings (SSSR count). The Kier molecular flexibility index (Phi) is 9.92. The Morgan fingerprint density at radius 3 is 1.90 bits per heavy atom. The van der Waals surface area contributed by atoms with Crippen molar-refractivity contribution < 1.29 is 13.2 Å². The maximum Gasteiger partial charge on any atom is 0.162 e. The van der Waals surface area contributed by atoms with Crippen LogP contribution in [0.1, 0.15) is 13.8 Å². The molecule has 1 atom stereocenters. The van der Waals surface area contributed by atoms with Crippen molar-refractivity contribution >= 4 is 0 Å². The molecule has 0 saturated heterocycles. The van der Waals surface area contributed by atoms with Crippen LogP contribution in [0.5, 0.6) is 0 Å². The van der Waals surface area contributed by atoms with Crippen molar-refractivity contribution in [3.8, 4) is 0 Å². The molecule has 10 heavy (non-hydrogen) atoms. The molecule has 0 aliphatic heterocycles. The van der Waals surface area contributed by atoms with Gasteiger partial charge in [-0.3, -0.25) is 0 Å². The summed E-state index contributed by atoms with van der Waals surface area (Å²) in [5.41, 5.74) is 0. The monoisotopic (exact) mass is 152 g/mol. The van der Waals surface area contributed by atoms with Crippen LogP contribution in [0.4, 0.5) is 13.2 Å². The van der Waals surface area contributed by atoms with E-state index in [1.54, 1.807) is 6.08 Å². The number of halogens is 3. The molecule has 0 aromatic rings. The molecule has 0 nitrogen and oxygen atoms in total. The minimum Gasteiger partial charge on any atom is -0.240 e. The van der Waals surface area contributed by atoms with Crippen LogP contribution in [0.25, 0.3) is 0 Å². The summed E-state index contributed by atoms with van der Waals surface area (Å²) in [5.74, 6) is -1.36. The van der Waals surface area contributed by atoms with Gasteiger partial charge in [0, 0.05) is 0 Å². The van der Waals surface area contributed by atoms with E-state index in [0.29, 0.717) is 0 Å². The molecule has 0 spiro atoms. The van der Waals surface area contributed by atoms with Crippen LogP contribution in [0.3, 0.4) is 0 Å². The molecule has 3 heteroatoms. The van der Waals surface area contributed by atoms with Crippen LogP contribution in [0.15, 0.2) is 24.8 Å². The number of alkyl halides is 1. The van der Waals surface area contributed by atoms with Gasteiger partial charge in [0.25, 0.3) is 0 Å². The molecular formula is C7H11F3. The zero-order valence-electron chi connectivity index (χ0n) is 6.07. The third-order valence-corrected chi connectivity index (χ3v) is 0.484. The van der Waals surface area contributed by atoms with Gasteiger partial charge in [-0.2, -0.15) is 0 Å². The predicted octanol–water partition coefficient (Wildman–Crippen LogP) is 3.32. The average Bonchev–Trinajstić information content (AvgIpc) is 1.88. The molecule has 0 aromatic heterocycles. The maximum atomic E-state index is 11.4. The topological polar surface area (TPSA) is 0 Å². The van der Waals surface area contributed by atoms with Gasteiger partial charge in [-0.1, -0.05) is 6.08 Å². The van der Waals surface area contributed by atoms with E-state index in [2.05, 4.69) is 6.58 Å². The van der Waals surface area contributed by atoms with Gasteiger partial charge in [0.15, 0.2) is 12.0 Å². The minimum absolute atomic E-state index is 0.384. The van der Waals surface area contributed by atoms with Crippen LogP contribution < -0.4 is 0 Å². The third-order valence-electron chi connectivity index (χ3n) is 0.484. The van der Waals surface area contributed by atoms with Crippen molar-refractivity contribution in [1.29, 1.82) is 0 Å². The van der Waals surface area contributed by atoms with E-state index in [9.17, 15) is 13.2 Å². The Balaban J connectivity index is 0. The van der Waals surface area contributed by atoms with Gasteiger partial charge >= 0.3 is 0 Å². The maximum absolute atomic E-state index is 11.4. The minimum atomic E-state index is -1.81. The van der Waals surface area contributed by atoms with Crippen molar-refractivity contribution in [2.24, 2.45) is 0 Å². The van der Waals surface area contributed by atoms with Crippen molar-refractivity contribution in [2.45, 2.75) is 20.0 Å². The van der Waals surface area contributed by atoms with E-state index in [-0.39, 0.29) is 6.33 Å². The lowest BCUT2D eigenvalue weighted by Gasteiger charge is -1.89. The van der Waals surface area contributed by atoms with Crippen LogP contribution in [-0.2, 0) is 0 Å². The Bertz CT molecular complexity index is 105. The first-order chi connectivity index (χ1) is 4.59. The summed E-state index contributed by atoms with van der Waals surface area (Å²) in [4.78, 5) is 0. The Hall–Kier alpha value is -0.730. The highest BCUT2D eigenvalue weighted by atomic mass is 19.2. The molecule has 0 amide bonds. The van der Waals surface area contributed by atoms with Crippen LogP contribution in [0, 0.1) is 0 Å². The summed E-state index contributed by atoms with van der Waals surface area (Å²) in [5, 5.41) is 0. The lowest BCUT2D eigenvalue weighted by molar-refractivity contribution is 0.341. The summed E-state index contributed by atoms with van der Waals surface area (Å²) in [6.07, 6.45) is -0.449. The molecule has 0 heterocycles. The fraction of sp³-hybridized carbons (Fsp3) is 0.429. The standard InChI is InChI=1S/C4H5F3.C3H6/c1-3(6)4(7)2-5;1-3-2/h2-3H,1H3;3H,1H2,2H3. The third kappa shape index (κ3) is 10.3. The molecule has 60 valence electrons. The smallest absolute Gasteiger partial charge is 0.162 e. The second kappa shape index (κ2) is 8.27. The summed E-state index contributed by atoms with van der Waals surface area (Å²) >= 11 is 0. The number of rotatable bonds is 1. The van der Waals surface area contributed by atoms with Gasteiger partial charge in [0.05, 0.1) is 0 Å². The number of hydrogen-bond donors (Lipinski definition) is 0. The number of allylic oxidation sites excluding steroid dienone is 2. The van der Waals surface area contributed by atoms with E-state index < -0.39 is 12.0 Å². The zero-order chi connectivity index (χ0) is 8.57. The molecule has 1 unspecified atom stereocenters. The molecule has 0 aliphatic carbocycles. The Morgan fingerprint density at radius 1 is 1.60 bits per heavy atom. The van der Waals surface area contributed by atoms with Gasteiger partial charge in [-0.25, -0.2) is 13.2 Å². The molecule has 0 N–H and O–H groups in total. The highest BCUT2D eigenvalue weighted by Crippen LogP contribution is 2.05. The van der Waals surface area contributed by atoms with Crippen molar-refractivity contribution in [1.82, 2.24) is 0 Å². The molecule has 0 fully saturated rings. The van der Waals surface area contributed by atoms with Gasteiger partial charge in [-0.15, -0.1) is 6.58 Å². The zero-order valence-corrected chi connectivity index (χ0v) is 6.07. The van der Waals surface area contributed by atoms with Crippen LogP contribution >= 0.6 is 0 Å². The lowest BCUT2D eigenvalue weighted by Crippen LogP contribution is -1.89. The molecule has 0 aliphatic rings. The van der Waals surface area contributed by atoms with Gasteiger partial charge in [0.1, 0.15) is 6.33 Å². The van der Waals surface area contributed by atoms with E-state index in [0.717, 1.165) is 6.92 Å². The van der Waals surface area contributed by atoms with Crippen LogP contribution in [0.2, 0.25) is 0 Å². The highest BCUT2D eigenvalue weighted by Gasteiger charge is 2.02. The predicted molar refractivity (Wildman–Crippen MR) is 36.7 cm³/mol. The van der Waals surface area contributed by atoms with Crippen molar-refractivity contribution in [3.05, 3.63) is 24.8 Å². The first-order valence-electron chi connectivity index (χ1n) is 2.77. The Morgan fingerprint density at radius 2 is 1.90 bits per heavy atom. The first kappa shape index (κ1) is 12.0. The molecule has 0 radical (unpaired) electrons. The van der Waals surface area contributed by atoms with E-state index in [4.69, 9.17) is 0 Å². The van der Waals surface area contributed by atoms with Crippen LogP contribution in [-0.4, -0.2) is 6.17 Å². The van der Waals surface area contributed by atoms with Gasteiger partial charge in [0.2, 0.25) is 0 Å². The van der Waals surface area contributed by atoms with E-state index in [1.807, 2.05) is 6.92 Å². The average molecular weight is 152 g/mol. The second-order valence-electron chi connectivity index (χ2n) is 1.52. The van der Waals surface area contributed by atoms with Gasteiger partial charge < -0.3 is 0 Å². The second-order valence-corrected chi connectivity index (χ2v) is 1.52. The fourth-order valence-corrected chi connectivity index (χ4v) is 0.0868. The summed E-state index contributed by atoms with van der Waals surface area (Å²) < 4.78 is 33.6. The van der Waals surface area contributed by atoms with E-state index in [1.165, 1.54) is 0 Å². The summed E-state index contributed by atoms with van der Waals surface area (Å²) in [7, 11) is 0. The summed E-state index contributed by atoms with van der Waals surface area (Å²) in [6.45, 7) is 6.17. The largest absolute Gasteiger partial charge is 0.240 e. The van der Waals surface area contributed by atoms with Crippen molar-refractivity contribution in [3.63, 3.8) is 0 Å².